The monoisotopic (exact) mass is 315 g/mol. The number of carbonyl (C=O) groups excluding carboxylic acids is 1. The quantitative estimate of drug-likeness (QED) is 0.844. The number of hydrogen-bond donors (Lipinski definition) is 1. The summed E-state index contributed by atoms with van der Waals surface area (Å²) in [6.45, 7) is 6.90. The molecule has 1 fully saturated rings. The molecule has 0 radical (unpaired) electrons. The number of sulfonamides is 1. The van der Waals surface area contributed by atoms with Crippen LogP contribution in [0.1, 0.15) is 37.6 Å². The number of H-pyrrole nitrogens is 1. The van der Waals surface area contributed by atoms with Gasteiger partial charge in [-0.05, 0) is 25.2 Å². The molecule has 118 valence electrons. The summed E-state index contributed by atoms with van der Waals surface area (Å²) in [6.07, 6.45) is 2.00. The fourth-order valence-corrected chi connectivity index (χ4v) is 4.01. The number of hydrogen-bond acceptors (Lipinski definition) is 5. The number of piperidine rings is 1. The van der Waals surface area contributed by atoms with Crippen molar-refractivity contribution >= 4 is 16.0 Å². The molecule has 1 saturated heterocycles. The van der Waals surface area contributed by atoms with Gasteiger partial charge in [0.2, 0.25) is 0 Å². The van der Waals surface area contributed by atoms with E-state index >= 15 is 0 Å². The summed E-state index contributed by atoms with van der Waals surface area (Å²) < 4.78 is 31.6. The standard InChI is InChI=1S/C13H21N3O4S/c1-4-20-13(17)11-7-14-15-12(11)21(18,19)16-6-5-9(2)10(3)8-16/h7,9-10H,4-6,8H2,1-3H3,(H,14,15). The molecule has 1 aromatic heterocycles. The third kappa shape index (κ3) is 3.11. The number of aromatic nitrogens is 2. The smallest absolute Gasteiger partial charge is 0.342 e. The van der Waals surface area contributed by atoms with Gasteiger partial charge in [0.05, 0.1) is 12.8 Å². The van der Waals surface area contributed by atoms with E-state index in [0.717, 1.165) is 6.42 Å². The van der Waals surface area contributed by atoms with Gasteiger partial charge < -0.3 is 4.74 Å². The molecule has 0 aromatic carbocycles. The van der Waals surface area contributed by atoms with E-state index in [-0.39, 0.29) is 23.1 Å². The van der Waals surface area contributed by atoms with Gasteiger partial charge in [-0.25, -0.2) is 13.2 Å². The van der Waals surface area contributed by atoms with Crippen LogP contribution < -0.4 is 0 Å². The number of aromatic amines is 1. The number of esters is 1. The number of nitrogens with one attached hydrogen (secondary N) is 1. The van der Waals surface area contributed by atoms with Gasteiger partial charge >= 0.3 is 5.97 Å². The maximum atomic E-state index is 12.7. The van der Waals surface area contributed by atoms with Crippen LogP contribution in [-0.4, -0.2) is 48.6 Å². The van der Waals surface area contributed by atoms with Crippen LogP contribution >= 0.6 is 0 Å². The molecular weight excluding hydrogens is 294 g/mol. The molecule has 1 aliphatic heterocycles. The van der Waals surface area contributed by atoms with Crippen LogP contribution in [0.15, 0.2) is 11.2 Å². The van der Waals surface area contributed by atoms with E-state index in [1.807, 2.05) is 6.92 Å². The third-order valence-electron chi connectivity index (χ3n) is 3.99. The van der Waals surface area contributed by atoms with Crippen molar-refractivity contribution in [3.05, 3.63) is 11.8 Å². The molecular formula is C13H21N3O4S. The first-order valence-corrected chi connectivity index (χ1v) is 8.52. The minimum Gasteiger partial charge on any atom is -0.462 e. The lowest BCUT2D eigenvalue weighted by Crippen LogP contribution is -2.42. The topological polar surface area (TPSA) is 92.4 Å². The molecule has 2 unspecified atom stereocenters. The second kappa shape index (κ2) is 6.15. The lowest BCUT2D eigenvalue weighted by molar-refractivity contribution is 0.0521. The second-order valence-corrected chi connectivity index (χ2v) is 7.31. The summed E-state index contributed by atoms with van der Waals surface area (Å²) in [7, 11) is -3.75. The van der Waals surface area contributed by atoms with Crippen molar-refractivity contribution in [1.82, 2.24) is 14.5 Å². The number of carbonyl (C=O) groups is 1. The highest BCUT2D eigenvalue weighted by molar-refractivity contribution is 7.89. The van der Waals surface area contributed by atoms with E-state index in [0.29, 0.717) is 19.0 Å². The molecule has 0 aliphatic carbocycles. The van der Waals surface area contributed by atoms with Crippen molar-refractivity contribution in [1.29, 1.82) is 0 Å². The molecule has 8 heteroatoms. The number of rotatable bonds is 4. The van der Waals surface area contributed by atoms with Gasteiger partial charge in [-0.3, -0.25) is 5.10 Å². The first-order chi connectivity index (χ1) is 9.87. The highest BCUT2D eigenvalue weighted by Gasteiger charge is 2.35. The first-order valence-electron chi connectivity index (χ1n) is 7.08. The van der Waals surface area contributed by atoms with Crippen LogP contribution in [0, 0.1) is 11.8 Å². The van der Waals surface area contributed by atoms with Gasteiger partial charge in [0.25, 0.3) is 10.0 Å². The molecule has 1 N–H and O–H groups in total. The minimum atomic E-state index is -3.75. The van der Waals surface area contributed by atoms with Crippen LogP contribution in [0.5, 0.6) is 0 Å². The maximum absolute atomic E-state index is 12.7. The summed E-state index contributed by atoms with van der Waals surface area (Å²) in [5, 5.41) is 5.94. The zero-order valence-corrected chi connectivity index (χ0v) is 13.3. The normalized spacial score (nSPS) is 24.0. The largest absolute Gasteiger partial charge is 0.462 e. The summed E-state index contributed by atoms with van der Waals surface area (Å²) >= 11 is 0. The Morgan fingerprint density at radius 3 is 2.81 bits per heavy atom. The van der Waals surface area contributed by atoms with Crippen LogP contribution in [0.2, 0.25) is 0 Å². The van der Waals surface area contributed by atoms with Gasteiger partial charge in [-0.2, -0.15) is 9.40 Å². The molecule has 0 spiro atoms. The Labute approximate surface area is 124 Å². The van der Waals surface area contributed by atoms with Crippen molar-refractivity contribution < 1.29 is 17.9 Å². The van der Waals surface area contributed by atoms with Crippen molar-refractivity contribution in [2.45, 2.75) is 32.2 Å². The molecule has 0 bridgehead atoms. The van der Waals surface area contributed by atoms with Gasteiger partial charge in [0.15, 0.2) is 5.03 Å². The third-order valence-corrected chi connectivity index (χ3v) is 5.83. The van der Waals surface area contributed by atoms with Gasteiger partial charge in [0.1, 0.15) is 5.56 Å². The van der Waals surface area contributed by atoms with Gasteiger partial charge in [-0.1, -0.05) is 13.8 Å². The van der Waals surface area contributed by atoms with Crippen molar-refractivity contribution in [2.75, 3.05) is 19.7 Å². The fourth-order valence-electron chi connectivity index (χ4n) is 2.40. The summed E-state index contributed by atoms with van der Waals surface area (Å²) in [5.74, 6) is 0.0912. The van der Waals surface area contributed by atoms with Crippen LogP contribution in [-0.2, 0) is 14.8 Å². The Balaban J connectivity index is 2.29. The molecule has 1 aliphatic rings. The highest BCUT2D eigenvalue weighted by atomic mass is 32.2. The van der Waals surface area contributed by atoms with Crippen molar-refractivity contribution in [3.63, 3.8) is 0 Å². The predicted molar refractivity (Wildman–Crippen MR) is 76.2 cm³/mol. The van der Waals surface area contributed by atoms with E-state index in [4.69, 9.17) is 4.74 Å². The summed E-state index contributed by atoms with van der Waals surface area (Å²) in [6, 6.07) is 0. The minimum absolute atomic E-state index is 0.0388. The Morgan fingerprint density at radius 2 is 2.19 bits per heavy atom. The fraction of sp³-hybridized carbons (Fsp3) is 0.692. The molecule has 7 nitrogen and oxygen atoms in total. The lowest BCUT2D eigenvalue weighted by Gasteiger charge is -2.34. The molecule has 0 amide bonds. The summed E-state index contributed by atoms with van der Waals surface area (Å²) in [5.41, 5.74) is -0.0388. The van der Waals surface area contributed by atoms with E-state index in [1.165, 1.54) is 10.5 Å². The highest BCUT2D eigenvalue weighted by Crippen LogP contribution is 2.27. The average Bonchev–Trinajstić information content (AvgIpc) is 2.92. The first kappa shape index (κ1) is 16.0. The van der Waals surface area contributed by atoms with Crippen LogP contribution in [0.3, 0.4) is 0 Å². The number of ether oxygens (including phenoxy) is 1. The number of nitrogens with zero attached hydrogens (tertiary/aromatic N) is 2. The molecule has 2 rings (SSSR count). The summed E-state index contributed by atoms with van der Waals surface area (Å²) in [4.78, 5) is 11.8. The Morgan fingerprint density at radius 1 is 1.48 bits per heavy atom. The Kier molecular flexibility index (Phi) is 4.67. The van der Waals surface area contributed by atoms with E-state index in [9.17, 15) is 13.2 Å². The van der Waals surface area contributed by atoms with Crippen LogP contribution in [0.25, 0.3) is 0 Å². The van der Waals surface area contributed by atoms with Gasteiger partial charge in [-0.15, -0.1) is 0 Å². The Hall–Kier alpha value is -1.41. The molecule has 2 heterocycles. The predicted octanol–water partition coefficient (Wildman–Crippen LogP) is 1.25. The SMILES string of the molecule is CCOC(=O)c1cn[nH]c1S(=O)(=O)N1CCC(C)C(C)C1. The lowest BCUT2D eigenvalue weighted by atomic mass is 9.90. The van der Waals surface area contributed by atoms with Gasteiger partial charge in [0, 0.05) is 13.1 Å². The molecule has 1 aromatic rings. The van der Waals surface area contributed by atoms with Crippen LogP contribution in [0.4, 0.5) is 0 Å². The zero-order valence-electron chi connectivity index (χ0n) is 12.5. The van der Waals surface area contributed by atoms with E-state index in [1.54, 1.807) is 6.92 Å². The Bertz CT molecular complexity index is 611. The average molecular weight is 315 g/mol. The molecule has 2 atom stereocenters. The second-order valence-electron chi connectivity index (χ2n) is 5.44. The molecule has 0 saturated carbocycles. The zero-order chi connectivity index (χ0) is 15.6. The van der Waals surface area contributed by atoms with E-state index < -0.39 is 16.0 Å². The van der Waals surface area contributed by atoms with E-state index in [2.05, 4.69) is 17.1 Å². The van der Waals surface area contributed by atoms with Crippen molar-refractivity contribution in [3.8, 4) is 0 Å². The molecule has 21 heavy (non-hydrogen) atoms. The van der Waals surface area contributed by atoms with Crippen molar-refractivity contribution in [2.24, 2.45) is 11.8 Å². The maximum Gasteiger partial charge on any atom is 0.342 e.